The Kier molecular flexibility index (Phi) is 5.82. The molecular formula is C14H20ClN3O2. The van der Waals surface area contributed by atoms with Crippen LogP contribution in [0.4, 0.5) is 5.69 Å². The molecule has 1 atom stereocenters. The largest absolute Gasteiger partial charge is 0.398 e. The zero-order valence-corrected chi connectivity index (χ0v) is 12.7. The van der Waals surface area contributed by atoms with Crippen LogP contribution in [0.25, 0.3) is 0 Å². The number of hydrogen-bond acceptors (Lipinski definition) is 3. The zero-order chi connectivity index (χ0) is 15.3. The number of likely N-dealkylation sites (N-methyl/N-ethyl adjacent to an activating group) is 1. The van der Waals surface area contributed by atoms with Gasteiger partial charge in [0.05, 0.1) is 10.7 Å². The number of hydrogen-bond donors (Lipinski definition) is 2. The molecule has 6 heteroatoms. The van der Waals surface area contributed by atoms with Crippen molar-refractivity contribution in [2.24, 2.45) is 0 Å². The Morgan fingerprint density at radius 1 is 1.35 bits per heavy atom. The zero-order valence-electron chi connectivity index (χ0n) is 11.9. The Morgan fingerprint density at radius 3 is 2.45 bits per heavy atom. The van der Waals surface area contributed by atoms with Crippen molar-refractivity contribution < 1.29 is 9.59 Å². The maximum Gasteiger partial charge on any atom is 0.251 e. The third-order valence-electron chi connectivity index (χ3n) is 3.05. The number of carbonyl (C=O) groups excluding carboxylic acids is 2. The number of nitrogens with zero attached hydrogens (tertiary/aromatic N) is 1. The molecule has 20 heavy (non-hydrogen) atoms. The molecule has 0 aliphatic rings. The van der Waals surface area contributed by atoms with Gasteiger partial charge in [-0.25, -0.2) is 0 Å². The molecule has 0 aliphatic carbocycles. The van der Waals surface area contributed by atoms with Gasteiger partial charge in [0.2, 0.25) is 5.91 Å². The molecule has 1 rings (SSSR count). The average molecular weight is 298 g/mol. The lowest BCUT2D eigenvalue weighted by Crippen LogP contribution is -2.46. The van der Waals surface area contributed by atoms with E-state index in [1.807, 2.05) is 13.8 Å². The molecule has 0 heterocycles. The fourth-order valence-electron chi connectivity index (χ4n) is 1.84. The van der Waals surface area contributed by atoms with Crippen molar-refractivity contribution in [3.63, 3.8) is 0 Å². The van der Waals surface area contributed by atoms with Gasteiger partial charge in [-0.15, -0.1) is 0 Å². The van der Waals surface area contributed by atoms with Gasteiger partial charge in [-0.1, -0.05) is 11.6 Å². The van der Waals surface area contributed by atoms with Gasteiger partial charge in [-0.3, -0.25) is 9.59 Å². The first-order valence-electron chi connectivity index (χ1n) is 6.55. The molecule has 0 aromatic heterocycles. The van der Waals surface area contributed by atoms with Crippen molar-refractivity contribution in [2.75, 3.05) is 18.8 Å². The molecule has 0 aliphatic heterocycles. The smallest absolute Gasteiger partial charge is 0.251 e. The predicted molar refractivity (Wildman–Crippen MR) is 80.7 cm³/mol. The summed E-state index contributed by atoms with van der Waals surface area (Å²) >= 11 is 5.80. The van der Waals surface area contributed by atoms with E-state index in [2.05, 4.69) is 5.32 Å². The van der Waals surface area contributed by atoms with E-state index >= 15 is 0 Å². The molecule has 0 radical (unpaired) electrons. The molecule has 0 fully saturated rings. The third-order valence-corrected chi connectivity index (χ3v) is 3.40. The molecule has 5 nitrogen and oxygen atoms in total. The summed E-state index contributed by atoms with van der Waals surface area (Å²) in [6.07, 6.45) is 0. The lowest BCUT2D eigenvalue weighted by Gasteiger charge is -2.23. The topological polar surface area (TPSA) is 75.4 Å². The van der Waals surface area contributed by atoms with Crippen molar-refractivity contribution in [1.82, 2.24) is 10.2 Å². The molecule has 3 N–H and O–H groups in total. The quantitative estimate of drug-likeness (QED) is 0.815. The Labute approximate surface area is 124 Å². The van der Waals surface area contributed by atoms with Crippen molar-refractivity contribution in [3.8, 4) is 0 Å². The maximum absolute atomic E-state index is 12.1. The molecular weight excluding hydrogens is 278 g/mol. The van der Waals surface area contributed by atoms with Crippen LogP contribution in [0.5, 0.6) is 0 Å². The summed E-state index contributed by atoms with van der Waals surface area (Å²) < 4.78 is 0. The minimum absolute atomic E-state index is 0.106. The highest BCUT2D eigenvalue weighted by Crippen LogP contribution is 2.19. The van der Waals surface area contributed by atoms with Crippen LogP contribution in [0.2, 0.25) is 5.02 Å². The minimum atomic E-state index is -0.584. The van der Waals surface area contributed by atoms with Gasteiger partial charge in [0.15, 0.2) is 0 Å². The Morgan fingerprint density at radius 2 is 1.95 bits per heavy atom. The van der Waals surface area contributed by atoms with Crippen LogP contribution in [-0.4, -0.2) is 35.8 Å². The molecule has 0 saturated heterocycles. The van der Waals surface area contributed by atoms with E-state index in [1.54, 1.807) is 24.0 Å². The third kappa shape index (κ3) is 3.87. The van der Waals surface area contributed by atoms with Crippen LogP contribution < -0.4 is 11.1 Å². The van der Waals surface area contributed by atoms with Crippen molar-refractivity contribution in [3.05, 3.63) is 28.8 Å². The fraction of sp³-hybridized carbons (Fsp3) is 0.429. The normalized spacial score (nSPS) is 11.8. The van der Waals surface area contributed by atoms with Gasteiger partial charge in [0.1, 0.15) is 6.04 Å². The summed E-state index contributed by atoms with van der Waals surface area (Å²) in [5.74, 6) is -0.452. The molecule has 1 aromatic rings. The van der Waals surface area contributed by atoms with Crippen molar-refractivity contribution in [1.29, 1.82) is 0 Å². The number of nitrogen functional groups attached to an aromatic ring is 1. The van der Waals surface area contributed by atoms with E-state index in [9.17, 15) is 9.59 Å². The lowest BCUT2D eigenvalue weighted by atomic mass is 10.1. The van der Waals surface area contributed by atoms with E-state index < -0.39 is 6.04 Å². The number of benzene rings is 1. The second-order valence-electron chi connectivity index (χ2n) is 4.44. The summed E-state index contributed by atoms with van der Waals surface area (Å²) in [6, 6.07) is 4.04. The summed E-state index contributed by atoms with van der Waals surface area (Å²) in [6.45, 7) is 6.69. The maximum atomic E-state index is 12.1. The van der Waals surface area contributed by atoms with Crippen LogP contribution in [-0.2, 0) is 4.79 Å². The van der Waals surface area contributed by atoms with E-state index in [1.165, 1.54) is 6.07 Å². The first-order valence-corrected chi connectivity index (χ1v) is 6.93. The van der Waals surface area contributed by atoms with Gasteiger partial charge in [-0.2, -0.15) is 0 Å². The highest BCUT2D eigenvalue weighted by atomic mass is 35.5. The standard InChI is InChI=1S/C14H20ClN3O2/c1-4-18(5-2)14(20)9(3)17-13(19)10-6-7-11(15)12(16)8-10/h6-9H,4-5,16H2,1-3H3,(H,17,19). The Bertz CT molecular complexity index is 501. The molecule has 1 unspecified atom stereocenters. The number of halogens is 1. The SMILES string of the molecule is CCN(CC)C(=O)C(C)NC(=O)c1ccc(Cl)c(N)c1. The molecule has 2 amide bonds. The van der Waals surface area contributed by atoms with Crippen LogP contribution in [0.15, 0.2) is 18.2 Å². The summed E-state index contributed by atoms with van der Waals surface area (Å²) in [4.78, 5) is 25.8. The Balaban J connectivity index is 2.74. The monoisotopic (exact) mass is 297 g/mol. The van der Waals surface area contributed by atoms with Crippen LogP contribution in [0, 0.1) is 0 Å². The fourth-order valence-corrected chi connectivity index (χ4v) is 1.95. The number of nitrogens with two attached hydrogens (primary N) is 1. The van der Waals surface area contributed by atoms with E-state index in [0.717, 1.165) is 0 Å². The summed E-state index contributed by atoms with van der Waals surface area (Å²) in [5.41, 5.74) is 6.37. The van der Waals surface area contributed by atoms with Crippen LogP contribution in [0.3, 0.4) is 0 Å². The van der Waals surface area contributed by atoms with Crippen molar-refractivity contribution in [2.45, 2.75) is 26.8 Å². The minimum Gasteiger partial charge on any atom is -0.398 e. The number of amides is 2. The Hall–Kier alpha value is -1.75. The van der Waals surface area contributed by atoms with Gasteiger partial charge in [-0.05, 0) is 39.0 Å². The number of nitrogens with one attached hydrogen (secondary N) is 1. The molecule has 0 spiro atoms. The second kappa shape index (κ2) is 7.14. The molecule has 0 saturated carbocycles. The second-order valence-corrected chi connectivity index (χ2v) is 4.85. The van der Waals surface area contributed by atoms with Gasteiger partial charge in [0, 0.05) is 18.7 Å². The average Bonchev–Trinajstić information content (AvgIpc) is 2.42. The number of rotatable bonds is 5. The first kappa shape index (κ1) is 16.3. The van der Waals surface area contributed by atoms with E-state index in [-0.39, 0.29) is 11.8 Å². The molecule has 1 aromatic carbocycles. The number of anilines is 1. The highest BCUT2D eigenvalue weighted by Gasteiger charge is 2.20. The summed E-state index contributed by atoms with van der Waals surface area (Å²) in [5, 5.41) is 3.06. The van der Waals surface area contributed by atoms with E-state index in [0.29, 0.717) is 29.4 Å². The summed E-state index contributed by atoms with van der Waals surface area (Å²) in [7, 11) is 0. The molecule has 0 bridgehead atoms. The molecule has 110 valence electrons. The van der Waals surface area contributed by atoms with E-state index in [4.69, 9.17) is 17.3 Å². The number of carbonyl (C=O) groups is 2. The first-order chi connectivity index (χ1) is 9.40. The van der Waals surface area contributed by atoms with Gasteiger partial charge >= 0.3 is 0 Å². The lowest BCUT2D eigenvalue weighted by molar-refractivity contribution is -0.132. The van der Waals surface area contributed by atoms with Gasteiger partial charge < -0.3 is 16.0 Å². The predicted octanol–water partition coefficient (Wildman–Crippen LogP) is 1.91. The van der Waals surface area contributed by atoms with Crippen molar-refractivity contribution >= 4 is 29.1 Å². The highest BCUT2D eigenvalue weighted by molar-refractivity contribution is 6.33. The van der Waals surface area contributed by atoms with Crippen LogP contribution in [0.1, 0.15) is 31.1 Å². The van der Waals surface area contributed by atoms with Crippen LogP contribution >= 0.6 is 11.6 Å². The van der Waals surface area contributed by atoms with Gasteiger partial charge in [0.25, 0.3) is 5.91 Å².